The summed E-state index contributed by atoms with van der Waals surface area (Å²) in [5, 5.41) is -0.991. The molecule has 0 bridgehead atoms. The van der Waals surface area contributed by atoms with Crippen LogP contribution in [0.25, 0.3) is 0 Å². The van der Waals surface area contributed by atoms with E-state index in [0.717, 1.165) is 6.07 Å². The fourth-order valence-electron chi connectivity index (χ4n) is 0.890. The van der Waals surface area contributed by atoms with E-state index in [4.69, 9.17) is 28.9 Å². The number of aldehydes is 1. The Morgan fingerprint density at radius 3 is 2.69 bits per heavy atom. The summed E-state index contributed by atoms with van der Waals surface area (Å²) >= 11 is 11.1. The zero-order chi connectivity index (χ0) is 10.0. The predicted molar refractivity (Wildman–Crippen MR) is 50.5 cm³/mol. The minimum Gasteiger partial charge on any atom is -0.398 e. The van der Waals surface area contributed by atoms with Gasteiger partial charge in [-0.05, 0) is 12.1 Å². The number of anilines is 1. The molecule has 0 saturated heterocycles. The monoisotopic (exact) mass is 221 g/mol. The second kappa shape index (κ2) is 3.94. The van der Waals surface area contributed by atoms with Gasteiger partial charge in [-0.2, -0.15) is 0 Å². The van der Waals surface area contributed by atoms with Crippen LogP contribution in [0.3, 0.4) is 0 Å². The van der Waals surface area contributed by atoms with Crippen LogP contribution in [0, 0.1) is 5.82 Å². The number of benzene rings is 1. The van der Waals surface area contributed by atoms with Gasteiger partial charge in [0.2, 0.25) is 0 Å². The fraction of sp³-hybridized carbons (Fsp3) is 0.125. The Kier molecular flexibility index (Phi) is 3.12. The first kappa shape index (κ1) is 10.3. The van der Waals surface area contributed by atoms with Gasteiger partial charge in [0.15, 0.2) is 0 Å². The lowest BCUT2D eigenvalue weighted by Crippen LogP contribution is -1.99. The molecule has 2 nitrogen and oxygen atoms in total. The van der Waals surface area contributed by atoms with Crippen molar-refractivity contribution in [3.8, 4) is 0 Å². The van der Waals surface area contributed by atoms with Crippen LogP contribution < -0.4 is 5.73 Å². The third kappa shape index (κ3) is 2.11. The van der Waals surface area contributed by atoms with Crippen LogP contribution >= 0.6 is 23.2 Å². The summed E-state index contributed by atoms with van der Waals surface area (Å²) in [6, 6.07) is 2.29. The third-order valence-corrected chi connectivity index (χ3v) is 2.17. The Balaban J connectivity index is 3.22. The largest absolute Gasteiger partial charge is 0.398 e. The summed E-state index contributed by atoms with van der Waals surface area (Å²) in [5.74, 6) is -0.627. The maximum absolute atomic E-state index is 12.8. The zero-order valence-corrected chi connectivity index (χ0v) is 7.94. The van der Waals surface area contributed by atoms with E-state index in [-0.39, 0.29) is 10.7 Å². The van der Waals surface area contributed by atoms with Gasteiger partial charge in [-0.3, -0.25) is 0 Å². The van der Waals surface area contributed by atoms with Crippen molar-refractivity contribution in [2.24, 2.45) is 0 Å². The number of carbonyl (C=O) groups excluding carboxylic acids is 1. The van der Waals surface area contributed by atoms with E-state index in [9.17, 15) is 9.18 Å². The maximum Gasteiger partial charge on any atom is 0.143 e. The number of rotatable bonds is 2. The quantitative estimate of drug-likeness (QED) is 0.474. The van der Waals surface area contributed by atoms with E-state index in [1.54, 1.807) is 0 Å². The number of carbonyl (C=O) groups is 1. The van der Waals surface area contributed by atoms with Crippen LogP contribution in [0.1, 0.15) is 10.9 Å². The first-order chi connectivity index (χ1) is 6.06. The van der Waals surface area contributed by atoms with Gasteiger partial charge in [-0.15, -0.1) is 11.6 Å². The highest BCUT2D eigenvalue weighted by Crippen LogP contribution is 2.29. The second-order valence-electron chi connectivity index (χ2n) is 2.43. The first-order valence-electron chi connectivity index (χ1n) is 3.40. The van der Waals surface area contributed by atoms with Crippen molar-refractivity contribution < 1.29 is 9.18 Å². The van der Waals surface area contributed by atoms with Gasteiger partial charge in [0, 0.05) is 11.3 Å². The first-order valence-corrected chi connectivity index (χ1v) is 4.21. The molecule has 13 heavy (non-hydrogen) atoms. The van der Waals surface area contributed by atoms with Gasteiger partial charge < -0.3 is 10.5 Å². The Labute approximate surface area is 84.4 Å². The van der Waals surface area contributed by atoms with Crippen LogP contribution in [-0.4, -0.2) is 6.29 Å². The molecule has 0 saturated carbocycles. The number of nitrogens with two attached hydrogens (primary N) is 1. The molecular weight excluding hydrogens is 216 g/mol. The smallest absolute Gasteiger partial charge is 0.143 e. The topological polar surface area (TPSA) is 43.1 Å². The molecule has 1 aromatic rings. The number of halogens is 3. The molecule has 0 aliphatic rings. The molecular formula is C8H6Cl2FNO. The normalized spacial score (nSPS) is 12.5. The summed E-state index contributed by atoms with van der Waals surface area (Å²) in [5.41, 5.74) is 5.87. The lowest BCUT2D eigenvalue weighted by molar-refractivity contribution is -0.107. The van der Waals surface area contributed by atoms with Crippen molar-refractivity contribution in [2.45, 2.75) is 5.38 Å². The predicted octanol–water partition coefficient (Wildman–Crippen LogP) is 2.54. The molecule has 0 amide bonds. The van der Waals surface area contributed by atoms with E-state index < -0.39 is 11.2 Å². The van der Waals surface area contributed by atoms with Crippen molar-refractivity contribution in [1.82, 2.24) is 0 Å². The van der Waals surface area contributed by atoms with Gasteiger partial charge >= 0.3 is 0 Å². The number of hydrogen-bond acceptors (Lipinski definition) is 2. The number of alkyl halides is 1. The van der Waals surface area contributed by atoms with Gasteiger partial charge in [0.25, 0.3) is 0 Å². The van der Waals surface area contributed by atoms with E-state index in [1.807, 2.05) is 0 Å². The Morgan fingerprint density at radius 1 is 1.54 bits per heavy atom. The van der Waals surface area contributed by atoms with E-state index >= 15 is 0 Å². The molecule has 1 aromatic carbocycles. The van der Waals surface area contributed by atoms with E-state index in [2.05, 4.69) is 0 Å². The Bertz CT molecular complexity index is 343. The summed E-state index contributed by atoms with van der Waals surface area (Å²) in [6.07, 6.45) is 0.501. The SMILES string of the molecule is Nc1cc(F)c(Cl)cc1C(Cl)C=O. The van der Waals surface area contributed by atoms with Gasteiger partial charge in [-0.1, -0.05) is 11.6 Å². The molecule has 1 rings (SSSR count). The average molecular weight is 222 g/mol. The summed E-state index contributed by atoms with van der Waals surface area (Å²) < 4.78 is 12.8. The minimum atomic E-state index is -0.891. The Hall–Kier alpha value is -0.800. The summed E-state index contributed by atoms with van der Waals surface area (Å²) in [4.78, 5) is 10.3. The summed E-state index contributed by atoms with van der Waals surface area (Å²) in [6.45, 7) is 0. The molecule has 1 unspecified atom stereocenters. The standard InChI is InChI=1S/C8H6Cl2FNO/c9-5-1-4(6(10)3-13)8(12)2-7(5)11/h1-3,6H,12H2. The Morgan fingerprint density at radius 2 is 2.15 bits per heavy atom. The molecule has 70 valence electrons. The molecule has 0 aliphatic carbocycles. The summed E-state index contributed by atoms with van der Waals surface area (Å²) in [7, 11) is 0. The molecule has 0 aromatic heterocycles. The highest BCUT2D eigenvalue weighted by Gasteiger charge is 2.13. The van der Waals surface area contributed by atoms with Crippen LogP contribution in [0.4, 0.5) is 10.1 Å². The van der Waals surface area contributed by atoms with Crippen LogP contribution in [-0.2, 0) is 4.79 Å². The third-order valence-electron chi connectivity index (χ3n) is 1.54. The van der Waals surface area contributed by atoms with Crippen LogP contribution in [0.2, 0.25) is 5.02 Å². The fourth-order valence-corrected chi connectivity index (χ4v) is 1.25. The van der Waals surface area contributed by atoms with Gasteiger partial charge in [0.1, 0.15) is 17.5 Å². The molecule has 0 radical (unpaired) electrons. The lowest BCUT2D eigenvalue weighted by atomic mass is 10.1. The van der Waals surface area contributed by atoms with Crippen LogP contribution in [0.15, 0.2) is 12.1 Å². The zero-order valence-electron chi connectivity index (χ0n) is 6.43. The van der Waals surface area contributed by atoms with E-state index in [1.165, 1.54) is 6.07 Å². The second-order valence-corrected chi connectivity index (χ2v) is 3.31. The maximum atomic E-state index is 12.8. The van der Waals surface area contributed by atoms with Crippen molar-refractivity contribution >= 4 is 35.2 Å². The van der Waals surface area contributed by atoms with Gasteiger partial charge in [0.05, 0.1) is 5.02 Å². The van der Waals surface area contributed by atoms with Crippen molar-refractivity contribution in [3.05, 3.63) is 28.5 Å². The van der Waals surface area contributed by atoms with Gasteiger partial charge in [-0.25, -0.2) is 4.39 Å². The molecule has 5 heteroatoms. The van der Waals surface area contributed by atoms with Crippen molar-refractivity contribution in [1.29, 1.82) is 0 Å². The lowest BCUT2D eigenvalue weighted by Gasteiger charge is -2.07. The number of nitrogen functional groups attached to an aromatic ring is 1. The highest BCUT2D eigenvalue weighted by atomic mass is 35.5. The van der Waals surface area contributed by atoms with E-state index in [0.29, 0.717) is 11.8 Å². The molecule has 1 atom stereocenters. The van der Waals surface area contributed by atoms with Crippen LogP contribution in [0.5, 0.6) is 0 Å². The highest BCUT2D eigenvalue weighted by molar-refractivity contribution is 6.31. The minimum absolute atomic E-state index is 0.100. The molecule has 0 fully saturated rings. The van der Waals surface area contributed by atoms with Crippen molar-refractivity contribution in [3.63, 3.8) is 0 Å². The average Bonchev–Trinajstić information content (AvgIpc) is 2.10. The molecule has 2 N–H and O–H groups in total. The molecule has 0 heterocycles. The molecule has 0 spiro atoms. The number of hydrogen-bond donors (Lipinski definition) is 1. The molecule has 0 aliphatic heterocycles. The van der Waals surface area contributed by atoms with Crippen molar-refractivity contribution in [2.75, 3.05) is 5.73 Å².